The van der Waals surface area contributed by atoms with E-state index in [1.54, 1.807) is 12.1 Å². The number of benzene rings is 5. The highest BCUT2D eigenvalue weighted by atomic mass is 16.6. The summed E-state index contributed by atoms with van der Waals surface area (Å²) in [4.78, 5) is 55.0. The van der Waals surface area contributed by atoms with Crippen LogP contribution in [0.5, 0.6) is 5.75 Å². The highest BCUT2D eigenvalue weighted by Gasteiger charge is 2.23. The number of likely N-dealkylation sites (tertiary alicyclic amines) is 1. The molecule has 7 N–H and O–H groups in total. The lowest BCUT2D eigenvalue weighted by Gasteiger charge is -2.31. The number of anilines is 1. The van der Waals surface area contributed by atoms with Crippen molar-refractivity contribution in [2.75, 3.05) is 31.5 Å². The molecular formula is C51H56N6O7. The van der Waals surface area contributed by atoms with Gasteiger partial charge in [0.1, 0.15) is 11.9 Å². The van der Waals surface area contributed by atoms with Crippen LogP contribution in [0.1, 0.15) is 60.1 Å². The molecule has 13 nitrogen and oxygen atoms in total. The third-order valence-corrected chi connectivity index (χ3v) is 11.5. The molecule has 2 atom stereocenters. The Hall–Kier alpha value is -6.80. The van der Waals surface area contributed by atoms with E-state index >= 15 is 0 Å². The molecule has 7 rings (SSSR count). The number of amides is 3. The van der Waals surface area contributed by atoms with Gasteiger partial charge >= 0.3 is 6.09 Å². The van der Waals surface area contributed by atoms with Crippen LogP contribution in [-0.4, -0.2) is 76.3 Å². The second-order valence-corrected chi connectivity index (χ2v) is 16.4. The van der Waals surface area contributed by atoms with Crippen LogP contribution in [0, 0.1) is 0 Å². The van der Waals surface area contributed by atoms with Crippen molar-refractivity contribution < 1.29 is 29.3 Å². The molecule has 1 aliphatic heterocycles. The van der Waals surface area contributed by atoms with E-state index in [4.69, 9.17) is 4.74 Å². The fourth-order valence-corrected chi connectivity index (χ4v) is 8.04. The summed E-state index contributed by atoms with van der Waals surface area (Å²) >= 11 is 0. The summed E-state index contributed by atoms with van der Waals surface area (Å²) in [5.74, 6) is -0.178. The van der Waals surface area contributed by atoms with Gasteiger partial charge in [0.15, 0.2) is 0 Å². The van der Waals surface area contributed by atoms with Crippen LogP contribution >= 0.6 is 0 Å². The van der Waals surface area contributed by atoms with E-state index in [1.165, 1.54) is 12.1 Å². The third kappa shape index (κ3) is 12.9. The SMILES string of the molecule is C[C@@H](Cc1cccc(CNC(=O)Cc2ccc(CNC(=O)CCN3CCC(OC(=O)Nc4ccccc4-c4ccccc4)CC3)cc2)c1)NC[C@H](O)c1ccc(O)c2[nH]c(=O)ccc12. The van der Waals surface area contributed by atoms with Crippen LogP contribution in [0.2, 0.25) is 0 Å². The second kappa shape index (κ2) is 22.0. The van der Waals surface area contributed by atoms with Crippen LogP contribution in [0.3, 0.4) is 0 Å². The quantitative estimate of drug-likeness (QED) is 0.0492. The minimum Gasteiger partial charge on any atom is -0.506 e. The van der Waals surface area contributed by atoms with Crippen LogP contribution in [0.25, 0.3) is 22.0 Å². The number of hydrogen-bond acceptors (Lipinski definition) is 9. The molecule has 0 saturated carbocycles. The number of aliphatic hydroxyl groups excluding tert-OH is 1. The number of nitrogens with zero attached hydrogens (tertiary/aromatic N) is 1. The van der Waals surface area contributed by atoms with Crippen LogP contribution < -0.4 is 26.8 Å². The number of H-pyrrole nitrogens is 1. The number of piperidine rings is 1. The smallest absolute Gasteiger partial charge is 0.411 e. The summed E-state index contributed by atoms with van der Waals surface area (Å²) in [6, 6.07) is 39.4. The Balaban J connectivity index is 0.761. The monoisotopic (exact) mass is 864 g/mol. The number of ether oxygens (including phenoxy) is 1. The lowest BCUT2D eigenvalue weighted by molar-refractivity contribution is -0.122. The largest absolute Gasteiger partial charge is 0.506 e. The lowest BCUT2D eigenvalue weighted by Crippen LogP contribution is -2.40. The van der Waals surface area contributed by atoms with Gasteiger partial charge in [-0.05, 0) is 77.8 Å². The zero-order valence-electron chi connectivity index (χ0n) is 36.0. The summed E-state index contributed by atoms with van der Waals surface area (Å²) in [6.07, 6.45) is 1.21. The van der Waals surface area contributed by atoms with Crippen molar-refractivity contribution in [3.63, 3.8) is 0 Å². The van der Waals surface area contributed by atoms with Gasteiger partial charge in [0.2, 0.25) is 17.4 Å². The minimum absolute atomic E-state index is 0.0350. The van der Waals surface area contributed by atoms with Gasteiger partial charge in [-0.25, -0.2) is 4.79 Å². The Labute approximate surface area is 372 Å². The van der Waals surface area contributed by atoms with Crippen molar-refractivity contribution >= 4 is 34.5 Å². The van der Waals surface area contributed by atoms with Crippen molar-refractivity contribution in [1.82, 2.24) is 25.8 Å². The number of phenols is 1. The molecule has 0 spiro atoms. The molecule has 13 heteroatoms. The van der Waals surface area contributed by atoms with Crippen molar-refractivity contribution in [1.29, 1.82) is 0 Å². The van der Waals surface area contributed by atoms with Gasteiger partial charge in [-0.3, -0.25) is 19.7 Å². The van der Waals surface area contributed by atoms with Gasteiger partial charge in [0, 0.05) is 68.7 Å². The molecule has 0 unspecified atom stereocenters. The molecule has 0 aliphatic carbocycles. The molecule has 5 aromatic carbocycles. The fraction of sp³-hybridized carbons (Fsp3) is 0.294. The number of phenolic OH excluding ortho intramolecular Hbond substituents is 1. The van der Waals surface area contributed by atoms with Gasteiger partial charge in [-0.2, -0.15) is 0 Å². The van der Waals surface area contributed by atoms with Crippen LogP contribution in [-0.2, 0) is 40.3 Å². The number of carbonyl (C=O) groups excluding carboxylic acids is 3. The number of hydrogen-bond donors (Lipinski definition) is 7. The maximum Gasteiger partial charge on any atom is 0.411 e. The van der Waals surface area contributed by atoms with E-state index in [1.807, 2.05) is 104 Å². The molecule has 0 bridgehead atoms. The average Bonchev–Trinajstić information content (AvgIpc) is 3.30. The van der Waals surface area contributed by atoms with Gasteiger partial charge in [-0.15, -0.1) is 0 Å². The maximum absolute atomic E-state index is 12.9. The van der Waals surface area contributed by atoms with Gasteiger partial charge < -0.3 is 40.8 Å². The Morgan fingerprint density at radius 2 is 1.48 bits per heavy atom. The number of fused-ring (bicyclic) bond motifs is 1. The molecule has 1 saturated heterocycles. The Morgan fingerprint density at radius 1 is 0.781 bits per heavy atom. The zero-order chi connectivity index (χ0) is 44.8. The molecule has 2 heterocycles. The summed E-state index contributed by atoms with van der Waals surface area (Å²) in [7, 11) is 0. The van der Waals surface area contributed by atoms with Crippen LogP contribution in [0.4, 0.5) is 10.5 Å². The Bertz CT molecular complexity index is 2570. The molecule has 64 heavy (non-hydrogen) atoms. The first-order valence-electron chi connectivity index (χ1n) is 21.9. The van der Waals surface area contributed by atoms with E-state index in [0.717, 1.165) is 46.5 Å². The first-order chi connectivity index (χ1) is 31.1. The highest BCUT2D eigenvalue weighted by Crippen LogP contribution is 2.30. The molecule has 3 amide bonds. The van der Waals surface area contributed by atoms with Crippen molar-refractivity contribution in [2.24, 2.45) is 0 Å². The molecule has 1 aliphatic rings. The minimum atomic E-state index is -0.853. The highest BCUT2D eigenvalue weighted by molar-refractivity contribution is 5.91. The van der Waals surface area contributed by atoms with Crippen molar-refractivity contribution in [3.05, 3.63) is 166 Å². The van der Waals surface area contributed by atoms with E-state index in [0.29, 0.717) is 67.5 Å². The van der Waals surface area contributed by atoms with Gasteiger partial charge in [0.05, 0.1) is 23.7 Å². The summed E-state index contributed by atoms with van der Waals surface area (Å²) < 4.78 is 5.76. The number of aromatic nitrogens is 1. The predicted molar refractivity (Wildman–Crippen MR) is 249 cm³/mol. The second-order valence-electron chi connectivity index (χ2n) is 16.4. The summed E-state index contributed by atoms with van der Waals surface area (Å²) in [5.41, 5.74) is 7.12. The molecular weight excluding hydrogens is 809 g/mol. The standard InChI is InChI=1S/C51H56N6O7/c1-34(52-33-46(59)42-18-20-45(58)50-43(42)19-21-48(61)56-50)28-37-8-7-9-38(29-37)32-54-49(62)30-35-14-16-36(17-15-35)31-53-47(60)24-27-57-25-22-40(23-26-57)64-51(63)55-44-13-6-5-12-41(44)39-10-3-2-4-11-39/h2-21,29,34,40,46,52,58-59H,22-28,30-33H2,1H3,(H,53,60)(H,54,62)(H,55,63)(H,56,61)/t34-,46-/m0/s1. The number of pyridine rings is 1. The number of carbonyl (C=O) groups is 3. The third-order valence-electron chi connectivity index (χ3n) is 11.5. The fourth-order valence-electron chi connectivity index (χ4n) is 8.04. The number of aliphatic hydroxyl groups is 1. The number of rotatable bonds is 18. The predicted octanol–water partition coefficient (Wildman–Crippen LogP) is 6.73. The molecule has 332 valence electrons. The summed E-state index contributed by atoms with van der Waals surface area (Å²) in [6.45, 7) is 5.21. The molecule has 1 fully saturated rings. The first kappa shape index (κ1) is 45.2. The molecule has 1 aromatic heterocycles. The van der Waals surface area contributed by atoms with Crippen molar-refractivity contribution in [3.8, 4) is 16.9 Å². The lowest BCUT2D eigenvalue weighted by atomic mass is 10.0. The van der Waals surface area contributed by atoms with Gasteiger partial charge in [0.25, 0.3) is 0 Å². The van der Waals surface area contributed by atoms with E-state index in [-0.39, 0.29) is 48.2 Å². The normalized spacial score (nSPS) is 14.1. The number of nitrogens with one attached hydrogen (secondary N) is 5. The van der Waals surface area contributed by atoms with Gasteiger partial charge in [-0.1, -0.05) is 103 Å². The zero-order valence-corrected chi connectivity index (χ0v) is 36.0. The Kier molecular flexibility index (Phi) is 15.6. The Morgan fingerprint density at radius 3 is 2.28 bits per heavy atom. The maximum atomic E-state index is 12.9. The van der Waals surface area contributed by atoms with E-state index in [2.05, 4.69) is 37.2 Å². The first-order valence-corrected chi connectivity index (χ1v) is 21.9. The van der Waals surface area contributed by atoms with Crippen LogP contribution in [0.15, 0.2) is 132 Å². The molecule has 6 aromatic rings. The summed E-state index contributed by atoms with van der Waals surface area (Å²) in [5, 5.41) is 34.0. The van der Waals surface area contributed by atoms with E-state index in [9.17, 15) is 29.4 Å². The number of aromatic amines is 1. The number of para-hydroxylation sites is 1. The van der Waals surface area contributed by atoms with Crippen molar-refractivity contribution in [2.45, 2.75) is 70.4 Å². The molecule has 0 radical (unpaired) electrons. The number of aromatic hydroxyl groups is 1. The van der Waals surface area contributed by atoms with E-state index < -0.39 is 12.2 Å². The topological polar surface area (TPSA) is 185 Å². The average molecular weight is 865 g/mol.